The molecule has 0 saturated carbocycles. The number of imidazole rings is 4. The third kappa shape index (κ3) is 4.56. The molecule has 0 fully saturated rings. The molecule has 12 aromatic rings. The van der Waals surface area contributed by atoms with Crippen molar-refractivity contribution in [3.05, 3.63) is 194 Å². The van der Waals surface area contributed by atoms with Crippen LogP contribution in [0.15, 0.2) is 194 Å². The molecular weight excluding hydrogens is 685 g/mol. The smallest absolute Gasteiger partial charge is 0.220 e. The van der Waals surface area contributed by atoms with Gasteiger partial charge in [-0.2, -0.15) is 0 Å². The minimum atomic E-state index is 0.881. The fourth-order valence-electron chi connectivity index (χ4n) is 8.54. The molecule has 6 nitrogen and oxygen atoms in total. The lowest BCUT2D eigenvalue weighted by molar-refractivity contribution is 1.11. The Morgan fingerprint density at radius 2 is 0.679 bits per heavy atom. The summed E-state index contributed by atoms with van der Waals surface area (Å²) in [6.45, 7) is 0. The first-order valence-electron chi connectivity index (χ1n) is 18.9. The molecule has 0 aliphatic rings. The van der Waals surface area contributed by atoms with E-state index in [1.54, 1.807) is 0 Å². The molecule has 0 saturated heterocycles. The Labute approximate surface area is 321 Å². The molecule has 4 aromatic heterocycles. The number of nitrogens with zero attached hydrogens (tertiary/aromatic N) is 6. The quantitative estimate of drug-likeness (QED) is 0.178. The molecule has 12 rings (SSSR count). The van der Waals surface area contributed by atoms with Gasteiger partial charge in [-0.1, -0.05) is 121 Å². The van der Waals surface area contributed by atoms with Crippen molar-refractivity contribution in [3.8, 4) is 44.8 Å². The molecule has 4 heterocycles. The summed E-state index contributed by atoms with van der Waals surface area (Å²) in [5, 5.41) is 0. The number of hydrogen-bond acceptors (Lipinski definition) is 2. The highest BCUT2D eigenvalue weighted by atomic mass is 15.2. The van der Waals surface area contributed by atoms with Crippen LogP contribution in [-0.4, -0.2) is 27.9 Å². The maximum atomic E-state index is 5.29. The highest BCUT2D eigenvalue weighted by molar-refractivity contribution is 5.98. The number of benzene rings is 8. The van der Waals surface area contributed by atoms with Crippen LogP contribution in [0.5, 0.6) is 0 Å². The van der Waals surface area contributed by atoms with E-state index in [1.807, 2.05) is 0 Å². The average Bonchev–Trinajstić information content (AvgIpc) is 4.00. The van der Waals surface area contributed by atoms with Gasteiger partial charge in [0.15, 0.2) is 0 Å². The van der Waals surface area contributed by atoms with Crippen molar-refractivity contribution in [1.29, 1.82) is 0 Å². The average molecular weight is 717 g/mol. The van der Waals surface area contributed by atoms with Crippen LogP contribution >= 0.6 is 0 Å². The van der Waals surface area contributed by atoms with E-state index in [9.17, 15) is 0 Å². The molecule has 0 atom stereocenters. The zero-order valence-corrected chi connectivity index (χ0v) is 30.2. The molecule has 0 N–H and O–H groups in total. The Hall–Kier alpha value is -7.70. The van der Waals surface area contributed by atoms with Crippen LogP contribution in [0.1, 0.15) is 0 Å². The fourth-order valence-corrected chi connectivity index (χ4v) is 8.54. The molecule has 0 aliphatic heterocycles. The van der Waals surface area contributed by atoms with Gasteiger partial charge in [-0.25, -0.2) is 9.97 Å². The maximum Gasteiger partial charge on any atom is 0.220 e. The highest BCUT2D eigenvalue weighted by Crippen LogP contribution is 2.37. The summed E-state index contributed by atoms with van der Waals surface area (Å²) in [4.78, 5) is 10.4. The zero-order chi connectivity index (χ0) is 36.7. The van der Waals surface area contributed by atoms with E-state index in [0.29, 0.717) is 0 Å². The van der Waals surface area contributed by atoms with Crippen LogP contribution in [0.3, 0.4) is 0 Å². The number of para-hydroxylation sites is 3. The van der Waals surface area contributed by atoms with Gasteiger partial charge >= 0.3 is 0 Å². The minimum Gasteiger partial charge on any atom is -0.278 e. The van der Waals surface area contributed by atoms with Gasteiger partial charge in [0, 0.05) is 11.4 Å². The van der Waals surface area contributed by atoms with Crippen molar-refractivity contribution in [1.82, 2.24) is 27.9 Å². The van der Waals surface area contributed by atoms with E-state index in [1.165, 1.54) is 16.7 Å². The van der Waals surface area contributed by atoms with Crippen molar-refractivity contribution in [2.45, 2.75) is 0 Å². The predicted octanol–water partition coefficient (Wildman–Crippen LogP) is 12.2. The fraction of sp³-hybridized carbons (Fsp3) is 0. The number of rotatable bonds is 5. The summed E-state index contributed by atoms with van der Waals surface area (Å²) >= 11 is 0. The maximum absolute atomic E-state index is 5.29. The van der Waals surface area contributed by atoms with Crippen LogP contribution < -0.4 is 0 Å². The van der Waals surface area contributed by atoms with Gasteiger partial charge in [0.1, 0.15) is 0 Å². The standard InChI is InChI=1S/C50H32N6/c1-4-12-33(13-5-1)35-20-25-40(26-21-35)54-45-29-24-38(32-48(45)56-46-30-36(34-14-6-2-7-15-34)22-27-42(46)52-50(54)56)37-23-28-44-47(31-37)55-43-19-11-10-18-41(43)51-49(55)53(44)39-16-8-3-9-17-39/h1-32H. The second kappa shape index (κ2) is 11.9. The summed E-state index contributed by atoms with van der Waals surface area (Å²) in [6.07, 6.45) is 0. The van der Waals surface area contributed by atoms with Crippen molar-refractivity contribution >= 4 is 55.7 Å². The van der Waals surface area contributed by atoms with Gasteiger partial charge in [-0.05, 0) is 106 Å². The number of aromatic nitrogens is 6. The van der Waals surface area contributed by atoms with Gasteiger partial charge in [0.05, 0.1) is 44.1 Å². The topological polar surface area (TPSA) is 44.5 Å². The molecule has 262 valence electrons. The molecular formula is C50H32N6. The van der Waals surface area contributed by atoms with Crippen molar-refractivity contribution < 1.29 is 0 Å². The van der Waals surface area contributed by atoms with Gasteiger partial charge in [0.25, 0.3) is 0 Å². The van der Waals surface area contributed by atoms with Crippen LogP contribution in [0.2, 0.25) is 0 Å². The molecule has 0 amide bonds. The molecule has 56 heavy (non-hydrogen) atoms. The van der Waals surface area contributed by atoms with Crippen LogP contribution in [0.4, 0.5) is 0 Å². The number of hydrogen-bond donors (Lipinski definition) is 0. The molecule has 0 aliphatic carbocycles. The van der Waals surface area contributed by atoms with Crippen LogP contribution in [0.25, 0.3) is 100 Å². The van der Waals surface area contributed by atoms with E-state index in [2.05, 4.69) is 212 Å². The first-order chi connectivity index (χ1) is 27.8. The number of fused-ring (bicyclic) bond motifs is 10. The third-order valence-electron chi connectivity index (χ3n) is 11.2. The SMILES string of the molecule is c1ccc(-c2ccc(-n3c4ccc(-c5ccc6c(c5)n5c7ccccc7nc5n6-c5ccccc5)cc4n4c5cc(-c6ccccc6)ccc5nc34)cc2)cc1. The van der Waals surface area contributed by atoms with E-state index in [0.717, 1.165) is 83.8 Å². The van der Waals surface area contributed by atoms with Crippen molar-refractivity contribution in [2.75, 3.05) is 0 Å². The molecule has 0 radical (unpaired) electrons. The second-order valence-electron chi connectivity index (χ2n) is 14.4. The first kappa shape index (κ1) is 30.7. The Morgan fingerprint density at radius 1 is 0.268 bits per heavy atom. The molecule has 8 aromatic carbocycles. The lowest BCUT2D eigenvalue weighted by Crippen LogP contribution is -1.95. The second-order valence-corrected chi connectivity index (χ2v) is 14.4. The first-order valence-corrected chi connectivity index (χ1v) is 18.9. The van der Waals surface area contributed by atoms with Crippen molar-refractivity contribution in [3.63, 3.8) is 0 Å². The summed E-state index contributed by atoms with van der Waals surface area (Å²) in [5.41, 5.74) is 17.6. The summed E-state index contributed by atoms with van der Waals surface area (Å²) in [5.74, 6) is 1.78. The monoisotopic (exact) mass is 716 g/mol. The highest BCUT2D eigenvalue weighted by Gasteiger charge is 2.21. The summed E-state index contributed by atoms with van der Waals surface area (Å²) in [7, 11) is 0. The largest absolute Gasteiger partial charge is 0.278 e. The Morgan fingerprint density at radius 3 is 1.30 bits per heavy atom. The van der Waals surface area contributed by atoms with E-state index in [-0.39, 0.29) is 0 Å². The van der Waals surface area contributed by atoms with Crippen molar-refractivity contribution in [2.24, 2.45) is 0 Å². The lowest BCUT2D eigenvalue weighted by Gasteiger charge is -2.09. The molecule has 0 bridgehead atoms. The zero-order valence-electron chi connectivity index (χ0n) is 30.2. The summed E-state index contributed by atoms with van der Waals surface area (Å²) < 4.78 is 9.18. The van der Waals surface area contributed by atoms with Crippen LogP contribution in [-0.2, 0) is 0 Å². The lowest BCUT2D eigenvalue weighted by atomic mass is 10.0. The molecule has 0 spiro atoms. The Kier molecular flexibility index (Phi) is 6.53. The van der Waals surface area contributed by atoms with Gasteiger partial charge in [-0.15, -0.1) is 0 Å². The van der Waals surface area contributed by atoms with Gasteiger partial charge in [0.2, 0.25) is 11.6 Å². The van der Waals surface area contributed by atoms with Crippen LogP contribution in [0, 0.1) is 0 Å². The van der Waals surface area contributed by atoms with E-state index >= 15 is 0 Å². The predicted molar refractivity (Wildman–Crippen MR) is 229 cm³/mol. The van der Waals surface area contributed by atoms with E-state index in [4.69, 9.17) is 9.97 Å². The molecule has 6 heteroatoms. The normalized spacial score (nSPS) is 11.9. The van der Waals surface area contributed by atoms with Gasteiger partial charge in [-0.3, -0.25) is 17.9 Å². The summed E-state index contributed by atoms with van der Waals surface area (Å²) in [6, 6.07) is 69.0. The Bertz CT molecular complexity index is 3440. The van der Waals surface area contributed by atoms with Gasteiger partial charge < -0.3 is 0 Å². The molecule has 0 unspecified atom stereocenters. The van der Waals surface area contributed by atoms with E-state index < -0.39 is 0 Å². The third-order valence-corrected chi connectivity index (χ3v) is 11.2. The Balaban J connectivity index is 1.09. The minimum absolute atomic E-state index is 0.881.